The van der Waals surface area contributed by atoms with Crippen LogP contribution in [0.4, 0.5) is 4.79 Å². The molecule has 0 spiro atoms. The van der Waals surface area contributed by atoms with Crippen LogP contribution in [0.5, 0.6) is 5.75 Å². The fourth-order valence-corrected chi connectivity index (χ4v) is 2.21. The molecule has 8 heteroatoms. The number of urea groups is 1. The summed E-state index contributed by atoms with van der Waals surface area (Å²) in [5.74, 6) is -1.51. The predicted octanol–water partition coefficient (Wildman–Crippen LogP) is 1.39. The SMILES string of the molecule is COC(=O)c1ccc(CCNC(=O)N(C)CC(C)C(=O)O)c(OC)c1. The van der Waals surface area contributed by atoms with Crippen LogP contribution in [-0.2, 0) is 16.0 Å². The average Bonchev–Trinajstić information content (AvgIpc) is 2.60. The van der Waals surface area contributed by atoms with E-state index in [1.807, 2.05) is 0 Å². The molecule has 0 saturated heterocycles. The molecule has 0 fully saturated rings. The van der Waals surface area contributed by atoms with Crippen LogP contribution in [0.1, 0.15) is 22.8 Å². The van der Waals surface area contributed by atoms with E-state index in [0.29, 0.717) is 24.3 Å². The molecule has 1 atom stereocenters. The largest absolute Gasteiger partial charge is 0.496 e. The lowest BCUT2D eigenvalue weighted by molar-refractivity contribution is -0.141. The van der Waals surface area contributed by atoms with Gasteiger partial charge in [0.2, 0.25) is 0 Å². The van der Waals surface area contributed by atoms with Gasteiger partial charge < -0.3 is 24.8 Å². The highest BCUT2D eigenvalue weighted by Crippen LogP contribution is 2.21. The smallest absolute Gasteiger partial charge is 0.337 e. The van der Waals surface area contributed by atoms with E-state index in [-0.39, 0.29) is 12.6 Å². The molecule has 0 radical (unpaired) electrons. The van der Waals surface area contributed by atoms with Gasteiger partial charge in [-0.25, -0.2) is 9.59 Å². The summed E-state index contributed by atoms with van der Waals surface area (Å²) in [6.07, 6.45) is 0.499. The Kier molecular flexibility index (Phi) is 7.71. The van der Waals surface area contributed by atoms with Crippen molar-refractivity contribution in [3.63, 3.8) is 0 Å². The number of methoxy groups -OCH3 is 2. The second-order valence-corrected chi connectivity index (χ2v) is 5.62. The number of hydrogen-bond donors (Lipinski definition) is 2. The number of esters is 1. The number of carbonyl (C=O) groups is 3. The van der Waals surface area contributed by atoms with E-state index in [1.54, 1.807) is 32.2 Å². The van der Waals surface area contributed by atoms with Crippen LogP contribution in [0.15, 0.2) is 18.2 Å². The summed E-state index contributed by atoms with van der Waals surface area (Å²) in [6, 6.07) is 4.61. The highest BCUT2D eigenvalue weighted by atomic mass is 16.5. The first kappa shape index (κ1) is 20.3. The third kappa shape index (κ3) is 5.98. The molecule has 0 saturated carbocycles. The Bertz CT molecular complexity index is 632. The van der Waals surface area contributed by atoms with Gasteiger partial charge in [-0.1, -0.05) is 13.0 Å². The van der Waals surface area contributed by atoms with E-state index in [1.165, 1.54) is 19.1 Å². The number of ether oxygens (including phenoxy) is 2. The zero-order valence-electron chi connectivity index (χ0n) is 14.9. The lowest BCUT2D eigenvalue weighted by Gasteiger charge is -2.20. The van der Waals surface area contributed by atoms with E-state index in [2.05, 4.69) is 10.1 Å². The molecule has 2 amide bonds. The van der Waals surface area contributed by atoms with Crippen LogP contribution in [-0.4, -0.2) is 62.3 Å². The van der Waals surface area contributed by atoms with Crippen molar-refractivity contribution < 1.29 is 29.0 Å². The first-order valence-corrected chi connectivity index (χ1v) is 7.77. The average molecular weight is 352 g/mol. The van der Waals surface area contributed by atoms with E-state index in [9.17, 15) is 14.4 Å². The molecule has 0 aliphatic rings. The van der Waals surface area contributed by atoms with Gasteiger partial charge in [0, 0.05) is 20.1 Å². The third-order valence-electron chi connectivity index (χ3n) is 3.69. The minimum atomic E-state index is -0.949. The Hall–Kier alpha value is -2.77. The van der Waals surface area contributed by atoms with Gasteiger partial charge in [0.05, 0.1) is 25.7 Å². The molecular weight excluding hydrogens is 328 g/mol. The van der Waals surface area contributed by atoms with Gasteiger partial charge in [-0.15, -0.1) is 0 Å². The molecule has 0 heterocycles. The van der Waals surface area contributed by atoms with Gasteiger partial charge in [-0.05, 0) is 24.1 Å². The summed E-state index contributed by atoms with van der Waals surface area (Å²) < 4.78 is 9.93. The maximum absolute atomic E-state index is 12.0. The van der Waals surface area contributed by atoms with Crippen LogP contribution >= 0.6 is 0 Å². The standard InChI is InChI=1S/C17H24N2O6/c1-11(15(20)21)10-19(2)17(23)18-8-7-12-5-6-13(16(22)25-4)9-14(12)24-3/h5-6,9,11H,7-8,10H2,1-4H3,(H,18,23)(H,20,21). The van der Waals surface area contributed by atoms with Crippen molar-refractivity contribution in [2.75, 3.05) is 34.4 Å². The van der Waals surface area contributed by atoms with Crippen molar-refractivity contribution >= 4 is 18.0 Å². The Morgan fingerprint density at radius 3 is 2.52 bits per heavy atom. The Balaban J connectivity index is 2.59. The van der Waals surface area contributed by atoms with Gasteiger partial charge in [0.15, 0.2) is 0 Å². The first-order chi connectivity index (χ1) is 11.8. The van der Waals surface area contributed by atoms with E-state index < -0.39 is 17.9 Å². The molecule has 0 aliphatic carbocycles. The summed E-state index contributed by atoms with van der Waals surface area (Å²) >= 11 is 0. The molecule has 1 aromatic rings. The molecule has 1 unspecified atom stereocenters. The quantitative estimate of drug-likeness (QED) is 0.685. The van der Waals surface area contributed by atoms with E-state index in [4.69, 9.17) is 9.84 Å². The topological polar surface area (TPSA) is 105 Å². The lowest BCUT2D eigenvalue weighted by atomic mass is 10.1. The number of rotatable bonds is 8. The van der Waals surface area contributed by atoms with Crippen LogP contribution in [0, 0.1) is 5.92 Å². The molecule has 0 aromatic heterocycles. The van der Waals surface area contributed by atoms with Crippen molar-refractivity contribution in [1.29, 1.82) is 0 Å². The lowest BCUT2D eigenvalue weighted by Crippen LogP contribution is -2.41. The van der Waals surface area contributed by atoms with Gasteiger partial charge >= 0.3 is 18.0 Å². The van der Waals surface area contributed by atoms with Crippen molar-refractivity contribution in [2.45, 2.75) is 13.3 Å². The highest BCUT2D eigenvalue weighted by Gasteiger charge is 2.17. The number of amides is 2. The minimum absolute atomic E-state index is 0.123. The Morgan fingerprint density at radius 2 is 1.96 bits per heavy atom. The van der Waals surface area contributed by atoms with Gasteiger partial charge in [0.25, 0.3) is 0 Å². The van der Waals surface area contributed by atoms with Gasteiger partial charge in [0.1, 0.15) is 5.75 Å². The van der Waals surface area contributed by atoms with Crippen molar-refractivity contribution in [2.24, 2.45) is 5.92 Å². The van der Waals surface area contributed by atoms with Crippen molar-refractivity contribution in [3.05, 3.63) is 29.3 Å². The molecule has 0 bridgehead atoms. The number of carboxylic acid groups (broad SMARTS) is 1. The van der Waals surface area contributed by atoms with Crippen molar-refractivity contribution in [1.82, 2.24) is 10.2 Å². The second-order valence-electron chi connectivity index (χ2n) is 5.62. The molecule has 1 aromatic carbocycles. The fraction of sp³-hybridized carbons (Fsp3) is 0.471. The summed E-state index contributed by atoms with van der Waals surface area (Å²) in [7, 11) is 4.35. The Labute approximate surface area is 146 Å². The van der Waals surface area contributed by atoms with Crippen LogP contribution in [0.3, 0.4) is 0 Å². The summed E-state index contributed by atoms with van der Waals surface area (Å²) in [5.41, 5.74) is 1.21. The summed E-state index contributed by atoms with van der Waals surface area (Å²) in [5, 5.41) is 11.6. The van der Waals surface area contributed by atoms with Gasteiger partial charge in [-0.3, -0.25) is 4.79 Å². The number of benzene rings is 1. The van der Waals surface area contributed by atoms with Gasteiger partial charge in [-0.2, -0.15) is 0 Å². The zero-order valence-corrected chi connectivity index (χ0v) is 14.9. The van der Waals surface area contributed by atoms with Crippen molar-refractivity contribution in [3.8, 4) is 5.75 Å². The molecule has 138 valence electrons. The molecule has 25 heavy (non-hydrogen) atoms. The molecule has 1 rings (SSSR count). The summed E-state index contributed by atoms with van der Waals surface area (Å²) in [6.45, 7) is 2.01. The minimum Gasteiger partial charge on any atom is -0.496 e. The van der Waals surface area contributed by atoms with E-state index in [0.717, 1.165) is 5.56 Å². The maximum Gasteiger partial charge on any atom is 0.337 e. The normalized spacial score (nSPS) is 11.4. The van der Waals surface area contributed by atoms with Crippen LogP contribution < -0.4 is 10.1 Å². The number of carboxylic acids is 1. The first-order valence-electron chi connectivity index (χ1n) is 7.77. The molecule has 8 nitrogen and oxygen atoms in total. The van der Waals surface area contributed by atoms with E-state index >= 15 is 0 Å². The molecule has 0 aliphatic heterocycles. The zero-order chi connectivity index (χ0) is 19.0. The second kappa shape index (κ2) is 9.51. The number of aliphatic carboxylic acids is 1. The fourth-order valence-electron chi connectivity index (χ4n) is 2.21. The highest BCUT2D eigenvalue weighted by molar-refractivity contribution is 5.89. The number of hydrogen-bond acceptors (Lipinski definition) is 5. The van der Waals surface area contributed by atoms with Crippen LogP contribution in [0.2, 0.25) is 0 Å². The summed E-state index contributed by atoms with van der Waals surface area (Å²) in [4.78, 5) is 35.6. The number of carbonyl (C=O) groups excluding carboxylic acids is 2. The van der Waals surface area contributed by atoms with Crippen LogP contribution in [0.25, 0.3) is 0 Å². The maximum atomic E-state index is 12.0. The number of nitrogens with zero attached hydrogens (tertiary/aromatic N) is 1. The molecule has 2 N–H and O–H groups in total. The third-order valence-corrected chi connectivity index (χ3v) is 3.69. The monoisotopic (exact) mass is 352 g/mol. The Morgan fingerprint density at radius 1 is 1.28 bits per heavy atom. The number of nitrogens with one attached hydrogen (secondary N) is 1. The molecular formula is C17H24N2O6. The predicted molar refractivity (Wildman–Crippen MR) is 90.9 cm³/mol.